The first-order valence-electron chi connectivity index (χ1n) is 3.52. The Morgan fingerprint density at radius 3 is 2.17 bits per heavy atom. The van der Waals surface area contributed by atoms with Crippen LogP contribution in [-0.4, -0.2) is 57.8 Å². The predicted molar refractivity (Wildman–Crippen MR) is 34.9 cm³/mol. The van der Waals surface area contributed by atoms with Crippen molar-refractivity contribution in [3.05, 3.63) is 0 Å². The molecule has 0 aromatic rings. The minimum atomic E-state index is -2.07. The number of halogens is 1. The Morgan fingerprint density at radius 2 is 1.67 bits per heavy atom. The molecule has 1 rings (SSSR count). The molecule has 1 aliphatic heterocycles. The van der Waals surface area contributed by atoms with Crippen LogP contribution >= 0.6 is 0 Å². The average Bonchev–Trinajstić information content (AvgIpc) is 2.08. The maximum Gasteiger partial charge on any atom is 0.228 e. The Balaban J connectivity index is 2.63. The van der Waals surface area contributed by atoms with Crippen molar-refractivity contribution in [1.29, 1.82) is 0 Å². The van der Waals surface area contributed by atoms with Crippen LogP contribution in [0.2, 0.25) is 0 Å². The zero-order chi connectivity index (χ0) is 9.30. The molecule has 0 aromatic carbocycles. The fraction of sp³-hybridized carbons (Fsp3) is 1.00. The van der Waals surface area contributed by atoms with Gasteiger partial charge in [-0.2, -0.15) is 0 Å². The SMILES string of the molecule is OC[C@H]1OC(F)[C@H](O)[C@@H](O)[C@H]1O. The van der Waals surface area contributed by atoms with Crippen LogP contribution < -0.4 is 0 Å². The summed E-state index contributed by atoms with van der Waals surface area (Å²) in [7, 11) is 0. The summed E-state index contributed by atoms with van der Waals surface area (Å²) in [6.45, 7) is -0.606. The third kappa shape index (κ3) is 1.57. The molecule has 12 heavy (non-hydrogen) atoms. The Bertz CT molecular complexity index is 150. The van der Waals surface area contributed by atoms with Crippen LogP contribution in [0.5, 0.6) is 0 Å². The molecule has 0 bridgehead atoms. The molecule has 4 N–H and O–H groups in total. The van der Waals surface area contributed by atoms with Crippen molar-refractivity contribution in [2.24, 2.45) is 0 Å². The summed E-state index contributed by atoms with van der Waals surface area (Å²) < 4.78 is 16.9. The van der Waals surface area contributed by atoms with E-state index in [9.17, 15) is 4.39 Å². The van der Waals surface area contributed by atoms with Crippen molar-refractivity contribution in [1.82, 2.24) is 0 Å². The maximum absolute atomic E-state index is 12.6. The van der Waals surface area contributed by atoms with E-state index >= 15 is 0 Å². The quantitative estimate of drug-likeness (QED) is 0.368. The second-order valence-corrected chi connectivity index (χ2v) is 2.68. The van der Waals surface area contributed by atoms with E-state index in [4.69, 9.17) is 20.4 Å². The Morgan fingerprint density at radius 1 is 1.08 bits per heavy atom. The average molecular weight is 182 g/mol. The van der Waals surface area contributed by atoms with Gasteiger partial charge in [-0.1, -0.05) is 0 Å². The summed E-state index contributed by atoms with van der Waals surface area (Å²) >= 11 is 0. The largest absolute Gasteiger partial charge is 0.394 e. The van der Waals surface area contributed by atoms with E-state index in [1.165, 1.54) is 0 Å². The van der Waals surface area contributed by atoms with Gasteiger partial charge in [0.15, 0.2) is 0 Å². The highest BCUT2D eigenvalue weighted by atomic mass is 19.1. The van der Waals surface area contributed by atoms with E-state index in [0.717, 1.165) is 0 Å². The highest BCUT2D eigenvalue weighted by Gasteiger charge is 2.43. The Kier molecular flexibility index (Phi) is 2.97. The van der Waals surface area contributed by atoms with Gasteiger partial charge < -0.3 is 25.2 Å². The normalized spacial score (nSPS) is 49.2. The van der Waals surface area contributed by atoms with Crippen molar-refractivity contribution in [2.75, 3.05) is 6.61 Å². The van der Waals surface area contributed by atoms with Crippen molar-refractivity contribution < 1.29 is 29.6 Å². The lowest BCUT2D eigenvalue weighted by Crippen LogP contribution is -2.57. The summed E-state index contributed by atoms with van der Waals surface area (Å²) in [5, 5.41) is 35.4. The van der Waals surface area contributed by atoms with E-state index < -0.39 is 37.4 Å². The van der Waals surface area contributed by atoms with E-state index in [1.807, 2.05) is 0 Å². The Labute approximate surface area is 68.0 Å². The van der Waals surface area contributed by atoms with Gasteiger partial charge in [-0.25, -0.2) is 4.39 Å². The predicted octanol–water partition coefficient (Wildman–Crippen LogP) is -2.24. The van der Waals surface area contributed by atoms with Gasteiger partial charge in [0.2, 0.25) is 6.36 Å². The molecule has 1 aliphatic rings. The lowest BCUT2D eigenvalue weighted by Gasteiger charge is -2.36. The van der Waals surface area contributed by atoms with E-state index in [1.54, 1.807) is 0 Å². The monoisotopic (exact) mass is 182 g/mol. The zero-order valence-corrected chi connectivity index (χ0v) is 6.17. The van der Waals surface area contributed by atoms with Gasteiger partial charge in [-0.3, -0.25) is 0 Å². The first kappa shape index (κ1) is 9.82. The Hall–Kier alpha value is -0.270. The summed E-state index contributed by atoms with van der Waals surface area (Å²) in [5.41, 5.74) is 0. The fourth-order valence-electron chi connectivity index (χ4n) is 1.06. The van der Waals surface area contributed by atoms with Gasteiger partial charge in [0, 0.05) is 0 Å². The number of hydrogen-bond acceptors (Lipinski definition) is 5. The van der Waals surface area contributed by atoms with Crippen LogP contribution in [0.15, 0.2) is 0 Å². The molecular weight excluding hydrogens is 171 g/mol. The van der Waals surface area contributed by atoms with E-state index in [0.29, 0.717) is 0 Å². The first-order chi connectivity index (χ1) is 5.57. The third-order valence-electron chi connectivity index (χ3n) is 1.83. The van der Waals surface area contributed by atoms with E-state index in [2.05, 4.69) is 4.74 Å². The molecule has 0 aromatic heterocycles. The van der Waals surface area contributed by atoms with Crippen LogP contribution in [0.25, 0.3) is 0 Å². The second-order valence-electron chi connectivity index (χ2n) is 2.68. The maximum atomic E-state index is 12.6. The number of ether oxygens (including phenoxy) is 1. The molecule has 72 valence electrons. The molecular formula is C6H11FO5. The lowest BCUT2D eigenvalue weighted by molar-refractivity contribution is -0.262. The summed E-state index contributed by atoms with van der Waals surface area (Å²) in [4.78, 5) is 0. The van der Waals surface area contributed by atoms with E-state index in [-0.39, 0.29) is 0 Å². The molecule has 6 heteroatoms. The van der Waals surface area contributed by atoms with Crippen LogP contribution in [-0.2, 0) is 4.74 Å². The molecule has 1 saturated heterocycles. The highest BCUT2D eigenvalue weighted by molar-refractivity contribution is 4.88. The lowest BCUT2D eigenvalue weighted by atomic mass is 10.00. The van der Waals surface area contributed by atoms with Gasteiger partial charge in [0.25, 0.3) is 0 Å². The van der Waals surface area contributed by atoms with Gasteiger partial charge in [0.1, 0.15) is 24.4 Å². The number of aliphatic hydroxyl groups excluding tert-OH is 4. The molecule has 5 nitrogen and oxygen atoms in total. The van der Waals surface area contributed by atoms with Crippen LogP contribution in [0.4, 0.5) is 4.39 Å². The molecule has 0 amide bonds. The molecule has 1 fully saturated rings. The number of aliphatic hydroxyl groups is 4. The van der Waals surface area contributed by atoms with Gasteiger partial charge in [-0.15, -0.1) is 0 Å². The van der Waals surface area contributed by atoms with Crippen LogP contribution in [0, 0.1) is 0 Å². The summed E-state index contributed by atoms with van der Waals surface area (Å²) in [6.07, 6.45) is -8.09. The molecule has 5 atom stereocenters. The first-order valence-corrected chi connectivity index (χ1v) is 3.52. The second kappa shape index (κ2) is 3.63. The van der Waals surface area contributed by atoms with Crippen LogP contribution in [0.3, 0.4) is 0 Å². The van der Waals surface area contributed by atoms with Gasteiger partial charge >= 0.3 is 0 Å². The number of hydrogen-bond donors (Lipinski definition) is 4. The van der Waals surface area contributed by atoms with Crippen molar-refractivity contribution in [2.45, 2.75) is 30.8 Å². The molecule has 0 saturated carbocycles. The molecule has 0 aliphatic carbocycles. The summed E-state index contributed by atoms with van der Waals surface area (Å²) in [5.74, 6) is 0. The highest BCUT2D eigenvalue weighted by Crippen LogP contribution is 2.21. The van der Waals surface area contributed by atoms with Crippen LogP contribution in [0.1, 0.15) is 0 Å². The summed E-state index contributed by atoms with van der Waals surface area (Å²) in [6, 6.07) is 0. The van der Waals surface area contributed by atoms with Crippen molar-refractivity contribution in [3.8, 4) is 0 Å². The van der Waals surface area contributed by atoms with Gasteiger partial charge in [0.05, 0.1) is 6.61 Å². The fourth-order valence-corrected chi connectivity index (χ4v) is 1.06. The minimum Gasteiger partial charge on any atom is -0.394 e. The van der Waals surface area contributed by atoms with Crippen molar-refractivity contribution in [3.63, 3.8) is 0 Å². The minimum absolute atomic E-state index is 0.606. The third-order valence-corrected chi connectivity index (χ3v) is 1.83. The smallest absolute Gasteiger partial charge is 0.228 e. The number of rotatable bonds is 1. The van der Waals surface area contributed by atoms with Crippen molar-refractivity contribution >= 4 is 0 Å². The van der Waals surface area contributed by atoms with Gasteiger partial charge in [-0.05, 0) is 0 Å². The zero-order valence-electron chi connectivity index (χ0n) is 6.17. The standard InChI is InChI=1S/C6H11FO5/c7-6-5(11)4(10)3(9)2(1-8)12-6/h2-6,8-11H,1H2/t2-,3+,4+,5-,6?/m1/s1. The molecule has 0 radical (unpaired) electrons. The topological polar surface area (TPSA) is 90.2 Å². The number of alkyl halides is 1. The molecule has 1 heterocycles. The molecule has 0 spiro atoms. The molecule has 1 unspecified atom stereocenters.